The van der Waals surface area contributed by atoms with E-state index in [0.717, 1.165) is 5.56 Å². The molecule has 1 amide bonds. The third-order valence-corrected chi connectivity index (χ3v) is 3.06. The molecule has 0 atom stereocenters. The van der Waals surface area contributed by atoms with Gasteiger partial charge in [-0.3, -0.25) is 4.79 Å². The number of nitriles is 1. The fourth-order valence-corrected chi connectivity index (χ4v) is 1.99. The molecule has 2 rings (SSSR count). The van der Waals surface area contributed by atoms with E-state index >= 15 is 0 Å². The minimum atomic E-state index is -2.94. The van der Waals surface area contributed by atoms with E-state index in [2.05, 4.69) is 15.4 Å². The number of anilines is 2. The van der Waals surface area contributed by atoms with Crippen molar-refractivity contribution in [3.63, 3.8) is 0 Å². The quantitative estimate of drug-likeness (QED) is 0.815. The van der Waals surface area contributed by atoms with Gasteiger partial charge in [-0.2, -0.15) is 14.0 Å². The molecule has 0 spiro atoms. The number of hydrogen-bond acceptors (Lipinski definition) is 4. The third-order valence-electron chi connectivity index (χ3n) is 3.06. The molecule has 0 aliphatic rings. The monoisotopic (exact) mass is 331 g/mol. The van der Waals surface area contributed by atoms with Crippen LogP contribution in [0.15, 0.2) is 48.5 Å². The molecule has 124 valence electrons. The second-order valence-electron chi connectivity index (χ2n) is 4.81. The number of alkyl halides is 2. The normalized spacial score (nSPS) is 10.1. The van der Waals surface area contributed by atoms with E-state index in [0.29, 0.717) is 17.8 Å². The van der Waals surface area contributed by atoms with Crippen molar-refractivity contribution < 1.29 is 18.3 Å². The SMILES string of the molecule is N#CCc1ccc(NC(=O)CNc2ccccc2OC(F)F)cc1. The van der Waals surface area contributed by atoms with Gasteiger partial charge in [0.05, 0.1) is 24.7 Å². The van der Waals surface area contributed by atoms with Crippen molar-refractivity contribution in [1.29, 1.82) is 5.26 Å². The molecular weight excluding hydrogens is 316 g/mol. The first-order valence-electron chi connectivity index (χ1n) is 7.12. The molecule has 0 heterocycles. The van der Waals surface area contributed by atoms with E-state index in [1.165, 1.54) is 6.07 Å². The van der Waals surface area contributed by atoms with Crippen molar-refractivity contribution in [2.45, 2.75) is 13.0 Å². The van der Waals surface area contributed by atoms with Gasteiger partial charge in [-0.15, -0.1) is 0 Å². The van der Waals surface area contributed by atoms with Gasteiger partial charge < -0.3 is 15.4 Å². The smallest absolute Gasteiger partial charge is 0.387 e. The molecule has 0 unspecified atom stereocenters. The van der Waals surface area contributed by atoms with E-state index in [4.69, 9.17) is 5.26 Å². The molecule has 2 aromatic rings. The van der Waals surface area contributed by atoms with E-state index in [9.17, 15) is 13.6 Å². The van der Waals surface area contributed by atoms with Crippen LogP contribution in [0.2, 0.25) is 0 Å². The Hall–Kier alpha value is -3.14. The van der Waals surface area contributed by atoms with Gasteiger partial charge >= 0.3 is 6.61 Å². The summed E-state index contributed by atoms with van der Waals surface area (Å²) in [5.74, 6) is -0.365. The number of nitrogens with zero attached hydrogens (tertiary/aromatic N) is 1. The van der Waals surface area contributed by atoms with Gasteiger partial charge in [-0.25, -0.2) is 0 Å². The largest absolute Gasteiger partial charge is 0.433 e. The molecule has 0 bridgehead atoms. The average Bonchev–Trinajstić information content (AvgIpc) is 2.56. The fourth-order valence-electron chi connectivity index (χ4n) is 1.99. The zero-order chi connectivity index (χ0) is 17.4. The highest BCUT2D eigenvalue weighted by atomic mass is 19.3. The van der Waals surface area contributed by atoms with Crippen LogP contribution < -0.4 is 15.4 Å². The highest BCUT2D eigenvalue weighted by molar-refractivity contribution is 5.93. The van der Waals surface area contributed by atoms with Gasteiger partial charge in [0.25, 0.3) is 0 Å². The zero-order valence-electron chi connectivity index (χ0n) is 12.6. The van der Waals surface area contributed by atoms with Crippen molar-refractivity contribution in [3.05, 3.63) is 54.1 Å². The number of carbonyl (C=O) groups is 1. The number of amides is 1. The number of rotatable bonds is 7. The summed E-state index contributed by atoms with van der Waals surface area (Å²) in [6.45, 7) is -3.04. The summed E-state index contributed by atoms with van der Waals surface area (Å²) in [7, 11) is 0. The number of carbonyl (C=O) groups excluding carboxylic acids is 1. The van der Waals surface area contributed by atoms with Gasteiger partial charge in [0.15, 0.2) is 0 Å². The zero-order valence-corrected chi connectivity index (χ0v) is 12.6. The standard InChI is InChI=1S/C17H15F2N3O2/c18-17(19)24-15-4-2-1-3-14(15)21-11-16(23)22-13-7-5-12(6-8-13)9-10-20/h1-8,17,21H,9,11H2,(H,22,23). The molecule has 5 nitrogen and oxygen atoms in total. The molecule has 2 aromatic carbocycles. The van der Waals surface area contributed by atoms with Crippen LogP contribution in [0.1, 0.15) is 5.56 Å². The topological polar surface area (TPSA) is 74.2 Å². The van der Waals surface area contributed by atoms with Crippen molar-refractivity contribution in [3.8, 4) is 11.8 Å². The maximum absolute atomic E-state index is 12.3. The Balaban J connectivity index is 1.90. The number of nitrogens with one attached hydrogen (secondary N) is 2. The predicted octanol–water partition coefficient (Wildman–Crippen LogP) is 3.40. The summed E-state index contributed by atoms with van der Waals surface area (Å²) in [6, 6.07) is 15.1. The molecule has 0 aliphatic heterocycles. The van der Waals surface area contributed by atoms with Crippen LogP contribution in [-0.4, -0.2) is 19.1 Å². The number of para-hydroxylation sites is 2. The number of hydrogen-bond donors (Lipinski definition) is 2. The van der Waals surface area contributed by atoms with E-state index < -0.39 is 6.61 Å². The van der Waals surface area contributed by atoms with Gasteiger partial charge in [0.1, 0.15) is 5.75 Å². The summed E-state index contributed by atoms with van der Waals surface area (Å²) in [5.41, 5.74) is 1.74. The first-order valence-corrected chi connectivity index (χ1v) is 7.12. The van der Waals surface area contributed by atoms with E-state index in [1.54, 1.807) is 42.5 Å². The van der Waals surface area contributed by atoms with Crippen LogP contribution in [0.25, 0.3) is 0 Å². The lowest BCUT2D eigenvalue weighted by Crippen LogP contribution is -2.22. The van der Waals surface area contributed by atoms with Crippen molar-refractivity contribution in [2.24, 2.45) is 0 Å². The Morgan fingerprint density at radius 1 is 1.17 bits per heavy atom. The van der Waals surface area contributed by atoms with Crippen LogP contribution in [0.4, 0.5) is 20.2 Å². The summed E-state index contributed by atoms with van der Waals surface area (Å²) in [5, 5.41) is 14.0. The molecule has 0 aromatic heterocycles. The van der Waals surface area contributed by atoms with Crippen LogP contribution in [0.5, 0.6) is 5.75 Å². The molecule has 24 heavy (non-hydrogen) atoms. The Morgan fingerprint density at radius 2 is 1.88 bits per heavy atom. The summed E-state index contributed by atoms with van der Waals surface area (Å²) >= 11 is 0. The number of ether oxygens (including phenoxy) is 1. The maximum Gasteiger partial charge on any atom is 0.387 e. The van der Waals surface area contributed by atoms with Crippen molar-refractivity contribution in [2.75, 3.05) is 17.2 Å². The highest BCUT2D eigenvalue weighted by Crippen LogP contribution is 2.25. The van der Waals surface area contributed by atoms with Gasteiger partial charge in [0.2, 0.25) is 5.91 Å². The molecule has 0 saturated heterocycles. The summed E-state index contributed by atoms with van der Waals surface area (Å²) in [6.07, 6.45) is 0.302. The number of halogens is 2. The summed E-state index contributed by atoms with van der Waals surface area (Å²) < 4.78 is 29.0. The van der Waals surface area contributed by atoms with Gasteiger partial charge in [-0.05, 0) is 29.8 Å². The molecule has 2 N–H and O–H groups in total. The van der Waals surface area contributed by atoms with Crippen LogP contribution in [0, 0.1) is 11.3 Å². The first kappa shape index (κ1) is 17.2. The molecule has 0 aliphatic carbocycles. The maximum atomic E-state index is 12.3. The molecule has 7 heteroatoms. The number of benzene rings is 2. The Bertz CT molecular complexity index is 727. The van der Waals surface area contributed by atoms with Crippen molar-refractivity contribution in [1.82, 2.24) is 0 Å². The second-order valence-corrected chi connectivity index (χ2v) is 4.81. The average molecular weight is 331 g/mol. The predicted molar refractivity (Wildman–Crippen MR) is 86.0 cm³/mol. The fraction of sp³-hybridized carbons (Fsp3) is 0.176. The third kappa shape index (κ3) is 5.25. The Labute approximate surface area is 137 Å². The van der Waals surface area contributed by atoms with Crippen molar-refractivity contribution >= 4 is 17.3 Å². The molecular formula is C17H15F2N3O2. The Kier molecular flexibility index (Phi) is 6.08. The van der Waals surface area contributed by atoms with Gasteiger partial charge in [0, 0.05) is 5.69 Å². The van der Waals surface area contributed by atoms with Crippen LogP contribution in [-0.2, 0) is 11.2 Å². The summed E-state index contributed by atoms with van der Waals surface area (Å²) in [4.78, 5) is 11.9. The highest BCUT2D eigenvalue weighted by Gasteiger charge is 2.10. The lowest BCUT2D eigenvalue weighted by molar-refractivity contribution is -0.114. The first-order chi connectivity index (χ1) is 11.6. The minimum Gasteiger partial charge on any atom is -0.433 e. The second kappa shape index (κ2) is 8.48. The molecule has 0 fully saturated rings. The lowest BCUT2D eigenvalue weighted by atomic mass is 10.1. The van der Waals surface area contributed by atoms with E-state index in [-0.39, 0.29) is 18.2 Å². The van der Waals surface area contributed by atoms with E-state index in [1.807, 2.05) is 6.07 Å². The van der Waals surface area contributed by atoms with Crippen LogP contribution >= 0.6 is 0 Å². The minimum absolute atomic E-state index is 0.0267. The van der Waals surface area contributed by atoms with Crippen LogP contribution in [0.3, 0.4) is 0 Å². The molecule has 0 radical (unpaired) electrons. The lowest BCUT2D eigenvalue weighted by Gasteiger charge is -2.12. The van der Waals surface area contributed by atoms with Gasteiger partial charge in [-0.1, -0.05) is 24.3 Å². The Morgan fingerprint density at radius 3 is 2.54 bits per heavy atom. The molecule has 0 saturated carbocycles.